The van der Waals surface area contributed by atoms with Crippen molar-refractivity contribution in [1.29, 1.82) is 0 Å². The Morgan fingerprint density at radius 1 is 1.03 bits per heavy atom. The van der Waals surface area contributed by atoms with Crippen molar-refractivity contribution in [3.05, 3.63) is 76.3 Å². The van der Waals surface area contributed by atoms with Gasteiger partial charge in [0, 0.05) is 23.4 Å². The molecule has 0 saturated heterocycles. The van der Waals surface area contributed by atoms with E-state index in [0.29, 0.717) is 5.44 Å². The van der Waals surface area contributed by atoms with Gasteiger partial charge in [-0.25, -0.2) is 31.9 Å². The third-order valence-corrected chi connectivity index (χ3v) is 7.29. The standard InChI is InChI=1S/C24H19ClF5N4OP/c1-11-18(25)23(34-21(24(29)30)13-5-4-6-14(26)19(13)28)22-16(32-11)9-15(27)20(33-22)12-7-8-17(31-10-12)36(2,3)35/h4-10,21,24H,1-3H3,(H,32,34)/t21-/m0/s1. The topological polar surface area (TPSA) is 67.8 Å². The van der Waals surface area contributed by atoms with Crippen molar-refractivity contribution >= 4 is 40.9 Å². The highest BCUT2D eigenvalue weighted by Gasteiger charge is 2.29. The first-order valence-electron chi connectivity index (χ1n) is 10.6. The van der Waals surface area contributed by atoms with Crippen LogP contribution in [-0.2, 0) is 4.57 Å². The van der Waals surface area contributed by atoms with Crippen LogP contribution in [-0.4, -0.2) is 34.7 Å². The van der Waals surface area contributed by atoms with Crippen LogP contribution in [0.15, 0.2) is 42.6 Å². The quantitative estimate of drug-likeness (QED) is 0.217. The summed E-state index contributed by atoms with van der Waals surface area (Å²) in [6.07, 6.45) is -1.87. The van der Waals surface area contributed by atoms with Gasteiger partial charge in [-0.3, -0.25) is 4.98 Å². The molecule has 0 radical (unpaired) electrons. The number of hydrogen-bond acceptors (Lipinski definition) is 5. The van der Waals surface area contributed by atoms with E-state index in [-0.39, 0.29) is 38.7 Å². The van der Waals surface area contributed by atoms with Gasteiger partial charge in [-0.1, -0.05) is 23.7 Å². The lowest BCUT2D eigenvalue weighted by Crippen LogP contribution is -2.21. The molecule has 0 aliphatic carbocycles. The third-order valence-electron chi connectivity index (χ3n) is 5.46. The number of rotatable bonds is 6. The molecule has 36 heavy (non-hydrogen) atoms. The maximum absolute atomic E-state index is 15.0. The summed E-state index contributed by atoms with van der Waals surface area (Å²) in [7, 11) is -2.65. The molecule has 4 aromatic rings. The van der Waals surface area contributed by atoms with Crippen LogP contribution in [0, 0.1) is 24.4 Å². The molecule has 0 saturated carbocycles. The van der Waals surface area contributed by atoms with E-state index in [1.165, 1.54) is 25.3 Å². The first-order chi connectivity index (χ1) is 16.9. The van der Waals surface area contributed by atoms with Crippen molar-refractivity contribution in [3.8, 4) is 11.3 Å². The van der Waals surface area contributed by atoms with Gasteiger partial charge in [0.1, 0.15) is 24.4 Å². The lowest BCUT2D eigenvalue weighted by molar-refractivity contribution is 0.122. The van der Waals surface area contributed by atoms with Gasteiger partial charge in [-0.05, 0) is 38.5 Å². The molecule has 4 rings (SSSR count). The fraction of sp³-hybridized carbons (Fsp3) is 0.208. The number of anilines is 1. The maximum atomic E-state index is 15.0. The van der Waals surface area contributed by atoms with Gasteiger partial charge in [0.25, 0.3) is 6.43 Å². The molecule has 3 aromatic heterocycles. The molecule has 0 unspecified atom stereocenters. The van der Waals surface area contributed by atoms with Crippen LogP contribution in [0.4, 0.5) is 27.6 Å². The van der Waals surface area contributed by atoms with Crippen LogP contribution in [0.2, 0.25) is 5.02 Å². The summed E-state index contributed by atoms with van der Waals surface area (Å²) in [6.45, 7) is 4.56. The molecule has 1 atom stereocenters. The van der Waals surface area contributed by atoms with Gasteiger partial charge in [0.05, 0.1) is 27.4 Å². The van der Waals surface area contributed by atoms with E-state index in [2.05, 4.69) is 20.3 Å². The van der Waals surface area contributed by atoms with Gasteiger partial charge >= 0.3 is 0 Å². The summed E-state index contributed by atoms with van der Waals surface area (Å²) in [5.74, 6) is -3.49. The number of nitrogens with one attached hydrogen (secondary N) is 1. The van der Waals surface area contributed by atoms with Gasteiger partial charge in [-0.15, -0.1) is 0 Å². The highest BCUT2D eigenvalue weighted by Crippen LogP contribution is 2.38. The Balaban J connectivity index is 1.89. The second kappa shape index (κ2) is 9.75. The molecule has 0 aliphatic rings. The molecule has 5 nitrogen and oxygen atoms in total. The van der Waals surface area contributed by atoms with E-state index in [9.17, 15) is 22.1 Å². The Hall–Kier alpha value is -3.10. The van der Waals surface area contributed by atoms with Gasteiger partial charge < -0.3 is 9.88 Å². The number of benzene rings is 1. The first-order valence-corrected chi connectivity index (χ1v) is 13.5. The second-order valence-corrected chi connectivity index (χ2v) is 12.0. The van der Waals surface area contributed by atoms with Crippen molar-refractivity contribution in [1.82, 2.24) is 15.0 Å². The number of nitrogens with zero attached hydrogens (tertiary/aromatic N) is 3. The zero-order chi connectivity index (χ0) is 26.4. The van der Waals surface area contributed by atoms with E-state index in [0.717, 1.165) is 24.3 Å². The molecule has 1 aromatic carbocycles. The predicted molar refractivity (Wildman–Crippen MR) is 130 cm³/mol. The molecular weight excluding hydrogens is 522 g/mol. The Morgan fingerprint density at radius 2 is 1.75 bits per heavy atom. The number of halogens is 6. The van der Waals surface area contributed by atoms with Crippen molar-refractivity contribution in [3.63, 3.8) is 0 Å². The Bertz CT molecular complexity index is 1510. The smallest absolute Gasteiger partial charge is 0.262 e. The van der Waals surface area contributed by atoms with Crippen molar-refractivity contribution < 1.29 is 26.5 Å². The van der Waals surface area contributed by atoms with Gasteiger partial charge in [0.2, 0.25) is 0 Å². The largest absolute Gasteiger partial charge is 0.370 e. The van der Waals surface area contributed by atoms with Crippen molar-refractivity contribution in [2.75, 3.05) is 18.6 Å². The van der Waals surface area contributed by atoms with E-state index >= 15 is 4.39 Å². The van der Waals surface area contributed by atoms with Crippen molar-refractivity contribution in [2.45, 2.75) is 19.4 Å². The Kier molecular flexibility index (Phi) is 7.03. The van der Waals surface area contributed by atoms with E-state index in [1.54, 1.807) is 13.3 Å². The number of aryl methyl sites for hydroxylation is 1. The monoisotopic (exact) mass is 540 g/mol. The highest BCUT2D eigenvalue weighted by atomic mass is 35.5. The van der Waals surface area contributed by atoms with Crippen LogP contribution in [0.25, 0.3) is 22.3 Å². The normalized spacial score (nSPS) is 12.8. The Labute approximate surface area is 208 Å². The van der Waals surface area contributed by atoms with Gasteiger partial charge in [-0.2, -0.15) is 0 Å². The molecule has 0 aliphatic heterocycles. The number of pyridine rings is 3. The maximum Gasteiger partial charge on any atom is 0.262 e. The number of alkyl halides is 2. The minimum Gasteiger partial charge on any atom is -0.370 e. The van der Waals surface area contributed by atoms with Gasteiger partial charge in [0.15, 0.2) is 17.5 Å². The van der Waals surface area contributed by atoms with Crippen LogP contribution >= 0.6 is 18.7 Å². The molecule has 1 N–H and O–H groups in total. The zero-order valence-corrected chi connectivity index (χ0v) is 20.8. The average molecular weight is 541 g/mol. The summed E-state index contributed by atoms with van der Waals surface area (Å²) in [5.41, 5.74) is -0.252. The lowest BCUT2D eigenvalue weighted by Gasteiger charge is -2.22. The number of aromatic nitrogens is 3. The van der Waals surface area contributed by atoms with Crippen LogP contribution in [0.5, 0.6) is 0 Å². The van der Waals surface area contributed by atoms with Crippen molar-refractivity contribution in [2.24, 2.45) is 0 Å². The highest BCUT2D eigenvalue weighted by molar-refractivity contribution is 7.69. The fourth-order valence-electron chi connectivity index (χ4n) is 3.63. The average Bonchev–Trinajstić information content (AvgIpc) is 2.81. The minimum absolute atomic E-state index is 0.00424. The van der Waals surface area contributed by atoms with E-state index in [1.807, 2.05) is 0 Å². The number of hydrogen-bond donors (Lipinski definition) is 1. The minimum atomic E-state index is -3.17. The zero-order valence-electron chi connectivity index (χ0n) is 19.2. The molecule has 188 valence electrons. The molecule has 0 amide bonds. The second-order valence-electron chi connectivity index (χ2n) is 8.43. The summed E-state index contributed by atoms with van der Waals surface area (Å²) >= 11 is 6.37. The summed E-state index contributed by atoms with van der Waals surface area (Å²) in [4.78, 5) is 12.6. The first kappa shape index (κ1) is 26.0. The lowest BCUT2D eigenvalue weighted by atomic mass is 10.1. The molecular formula is C24H19ClF5N4OP. The molecule has 3 heterocycles. The summed E-state index contributed by atoms with van der Waals surface area (Å²) in [5, 5.41) is 2.38. The third kappa shape index (κ3) is 4.92. The van der Waals surface area contributed by atoms with E-state index in [4.69, 9.17) is 11.6 Å². The molecule has 0 fully saturated rings. The molecule has 0 spiro atoms. The number of fused-ring (bicyclic) bond motifs is 1. The molecule has 12 heteroatoms. The Morgan fingerprint density at radius 3 is 2.36 bits per heavy atom. The summed E-state index contributed by atoms with van der Waals surface area (Å²) in [6, 6.07) is 4.98. The summed E-state index contributed by atoms with van der Waals surface area (Å²) < 4.78 is 83.5. The van der Waals surface area contributed by atoms with Crippen LogP contribution < -0.4 is 10.8 Å². The fourth-order valence-corrected chi connectivity index (χ4v) is 4.59. The SMILES string of the molecule is Cc1nc2cc(F)c(-c3ccc(P(C)(C)=O)nc3)nc2c(N[C@@H](c2cccc(F)c2F)C(F)F)c1Cl. The van der Waals surface area contributed by atoms with Crippen LogP contribution in [0.3, 0.4) is 0 Å². The molecule has 0 bridgehead atoms. The van der Waals surface area contributed by atoms with Crippen LogP contribution in [0.1, 0.15) is 17.3 Å². The predicted octanol–water partition coefficient (Wildman–Crippen LogP) is 6.74. The van der Waals surface area contributed by atoms with E-state index < -0.39 is 42.6 Å².